The van der Waals surface area contributed by atoms with Crippen LogP contribution < -0.4 is 4.90 Å². The lowest BCUT2D eigenvalue weighted by Gasteiger charge is -2.45. The predicted molar refractivity (Wildman–Crippen MR) is 84.9 cm³/mol. The van der Waals surface area contributed by atoms with E-state index in [1.807, 2.05) is 0 Å². The second-order valence-electron chi connectivity index (χ2n) is 6.17. The van der Waals surface area contributed by atoms with Crippen molar-refractivity contribution in [3.8, 4) is 0 Å². The van der Waals surface area contributed by atoms with Gasteiger partial charge in [-0.15, -0.1) is 0 Å². The van der Waals surface area contributed by atoms with Crippen LogP contribution >= 0.6 is 0 Å². The molecule has 0 bridgehead atoms. The molecule has 1 saturated heterocycles. The van der Waals surface area contributed by atoms with E-state index in [1.54, 1.807) is 0 Å². The number of aromatic nitrogens is 1. The lowest BCUT2D eigenvalue weighted by atomic mass is 9.94. The fourth-order valence-electron chi connectivity index (χ4n) is 3.90. The van der Waals surface area contributed by atoms with Gasteiger partial charge in [0.05, 0.1) is 0 Å². The van der Waals surface area contributed by atoms with E-state index in [2.05, 4.69) is 39.2 Å². The Hall–Kier alpha value is -1.81. The van der Waals surface area contributed by atoms with Gasteiger partial charge in [-0.2, -0.15) is 0 Å². The summed E-state index contributed by atoms with van der Waals surface area (Å²) < 4.78 is 0. The highest BCUT2D eigenvalue weighted by molar-refractivity contribution is 5.96. The molecular weight excluding hydrogens is 262 g/mol. The number of rotatable bonds is 4. The lowest BCUT2D eigenvalue weighted by Crippen LogP contribution is -2.55. The molecule has 1 atom stereocenters. The summed E-state index contributed by atoms with van der Waals surface area (Å²) in [6, 6.07) is 7.15. The molecule has 0 aliphatic carbocycles. The molecule has 3 heterocycles. The van der Waals surface area contributed by atoms with Gasteiger partial charge in [-0.05, 0) is 37.1 Å². The molecule has 0 amide bonds. The molecule has 2 aromatic rings. The minimum absolute atomic E-state index is 0.573. The highest BCUT2D eigenvalue weighted by Crippen LogP contribution is 2.37. The maximum atomic E-state index is 10.5. The number of benzene rings is 1. The van der Waals surface area contributed by atoms with E-state index in [4.69, 9.17) is 0 Å². The van der Waals surface area contributed by atoms with Crippen molar-refractivity contribution in [1.29, 1.82) is 0 Å². The number of anilines is 1. The van der Waals surface area contributed by atoms with Gasteiger partial charge >= 0.3 is 0 Å². The quantitative estimate of drug-likeness (QED) is 0.690. The topological polar surface area (TPSA) is 39.3 Å². The molecule has 4 rings (SSSR count). The summed E-state index contributed by atoms with van der Waals surface area (Å²) in [4.78, 5) is 19.0. The first-order valence-corrected chi connectivity index (χ1v) is 7.88. The Bertz CT molecular complexity index is 663. The summed E-state index contributed by atoms with van der Waals surface area (Å²) in [5.74, 6) is 0. The third-order valence-corrected chi connectivity index (χ3v) is 4.89. The summed E-state index contributed by atoms with van der Waals surface area (Å²) in [6.07, 6.45) is 6.01. The van der Waals surface area contributed by atoms with Crippen molar-refractivity contribution in [3.63, 3.8) is 0 Å². The molecule has 1 unspecified atom stereocenters. The van der Waals surface area contributed by atoms with Crippen LogP contribution in [0, 0.1) is 0 Å². The van der Waals surface area contributed by atoms with Crippen LogP contribution in [0.4, 0.5) is 5.69 Å². The van der Waals surface area contributed by atoms with E-state index in [0.29, 0.717) is 12.5 Å². The third-order valence-electron chi connectivity index (χ3n) is 4.89. The van der Waals surface area contributed by atoms with E-state index in [1.165, 1.54) is 22.2 Å². The van der Waals surface area contributed by atoms with E-state index in [0.717, 1.165) is 45.3 Å². The minimum Gasteiger partial charge on any atom is -0.365 e. The van der Waals surface area contributed by atoms with Crippen LogP contribution in [0.15, 0.2) is 24.4 Å². The molecule has 1 aromatic carbocycles. The Balaban J connectivity index is 1.56. The number of unbranched alkanes of at least 4 members (excludes halogenated alkanes) is 1. The molecule has 0 radical (unpaired) electrons. The van der Waals surface area contributed by atoms with Crippen LogP contribution in [-0.4, -0.2) is 48.4 Å². The average Bonchev–Trinajstić information content (AvgIpc) is 2.92. The van der Waals surface area contributed by atoms with Gasteiger partial charge in [0.2, 0.25) is 0 Å². The smallest absolute Gasteiger partial charge is 0.120 e. The van der Waals surface area contributed by atoms with Gasteiger partial charge in [0.15, 0.2) is 0 Å². The van der Waals surface area contributed by atoms with Crippen LogP contribution in [0.25, 0.3) is 10.9 Å². The van der Waals surface area contributed by atoms with Crippen LogP contribution in [0.1, 0.15) is 18.4 Å². The van der Waals surface area contributed by atoms with Gasteiger partial charge in [0.25, 0.3) is 0 Å². The number of fused-ring (bicyclic) bond motifs is 2. The molecule has 110 valence electrons. The van der Waals surface area contributed by atoms with E-state index in [9.17, 15) is 4.79 Å². The predicted octanol–water partition coefficient (Wildman–Crippen LogP) is 2.19. The zero-order valence-electron chi connectivity index (χ0n) is 12.2. The molecule has 4 heteroatoms. The molecule has 2 aliphatic rings. The highest BCUT2D eigenvalue weighted by atomic mass is 16.1. The van der Waals surface area contributed by atoms with Crippen molar-refractivity contribution >= 4 is 22.9 Å². The molecule has 0 saturated carbocycles. The van der Waals surface area contributed by atoms with Gasteiger partial charge in [0.1, 0.15) is 6.29 Å². The molecule has 2 aliphatic heterocycles. The summed E-state index contributed by atoms with van der Waals surface area (Å²) >= 11 is 0. The molecule has 4 nitrogen and oxygen atoms in total. The van der Waals surface area contributed by atoms with E-state index >= 15 is 0 Å². The molecule has 21 heavy (non-hydrogen) atoms. The minimum atomic E-state index is 0.573. The lowest BCUT2D eigenvalue weighted by molar-refractivity contribution is -0.108. The van der Waals surface area contributed by atoms with Gasteiger partial charge in [-0.3, -0.25) is 4.90 Å². The number of hydrogen-bond donors (Lipinski definition) is 1. The fourth-order valence-corrected chi connectivity index (χ4v) is 3.90. The zero-order chi connectivity index (χ0) is 14.2. The van der Waals surface area contributed by atoms with Crippen LogP contribution in [-0.2, 0) is 11.2 Å². The normalized spacial score (nSPS) is 21.5. The number of carbonyl (C=O) groups is 1. The van der Waals surface area contributed by atoms with Crippen LogP contribution in [0.2, 0.25) is 0 Å². The molecule has 1 fully saturated rings. The number of hydrogen-bond acceptors (Lipinski definition) is 3. The first-order valence-electron chi connectivity index (χ1n) is 7.88. The third kappa shape index (κ3) is 2.14. The Morgan fingerprint density at radius 1 is 1.33 bits per heavy atom. The number of nitrogens with zero attached hydrogens (tertiary/aromatic N) is 2. The SMILES string of the molecule is O=CCCCN1CCN2c3cccc4[nH]cc(c34)CC2C1. The van der Waals surface area contributed by atoms with Crippen molar-refractivity contribution < 1.29 is 4.79 Å². The van der Waals surface area contributed by atoms with Crippen LogP contribution in [0.3, 0.4) is 0 Å². The van der Waals surface area contributed by atoms with E-state index < -0.39 is 0 Å². The standard InChI is InChI=1S/C17H21N3O/c21-9-2-1-6-19-7-8-20-14(12-19)10-13-11-18-15-4-3-5-16(20)17(13)15/h3-5,9,11,14,18H,1-2,6-8,10,12H2. The van der Waals surface area contributed by atoms with Crippen molar-refractivity contribution in [1.82, 2.24) is 9.88 Å². The Labute approximate surface area is 124 Å². The molecular formula is C17H21N3O. The molecule has 0 spiro atoms. The van der Waals surface area contributed by atoms with Crippen LogP contribution in [0.5, 0.6) is 0 Å². The second kappa shape index (κ2) is 5.19. The van der Waals surface area contributed by atoms with Crippen molar-refractivity contribution in [2.45, 2.75) is 25.3 Å². The Morgan fingerprint density at radius 3 is 3.19 bits per heavy atom. The monoisotopic (exact) mass is 283 g/mol. The number of piperazine rings is 1. The average molecular weight is 283 g/mol. The highest BCUT2D eigenvalue weighted by Gasteiger charge is 2.32. The summed E-state index contributed by atoms with van der Waals surface area (Å²) in [5, 5.41) is 1.42. The largest absolute Gasteiger partial charge is 0.365 e. The number of aldehydes is 1. The molecule has 1 N–H and O–H groups in total. The fraction of sp³-hybridized carbons (Fsp3) is 0.471. The summed E-state index contributed by atoms with van der Waals surface area (Å²) in [6.45, 7) is 4.36. The number of carbonyl (C=O) groups excluding carboxylic acids is 1. The second-order valence-corrected chi connectivity index (χ2v) is 6.17. The Kier molecular flexibility index (Phi) is 3.19. The summed E-state index contributed by atoms with van der Waals surface area (Å²) in [7, 11) is 0. The van der Waals surface area contributed by atoms with E-state index in [-0.39, 0.29) is 0 Å². The number of H-pyrrole nitrogens is 1. The van der Waals surface area contributed by atoms with Gasteiger partial charge < -0.3 is 14.7 Å². The van der Waals surface area contributed by atoms with Crippen molar-refractivity contribution in [3.05, 3.63) is 30.0 Å². The van der Waals surface area contributed by atoms with Gasteiger partial charge in [-0.1, -0.05) is 6.07 Å². The molecule has 1 aromatic heterocycles. The van der Waals surface area contributed by atoms with Gasteiger partial charge in [0, 0.05) is 54.9 Å². The van der Waals surface area contributed by atoms with Crippen molar-refractivity contribution in [2.24, 2.45) is 0 Å². The first-order chi connectivity index (χ1) is 10.4. The maximum absolute atomic E-state index is 10.5. The van der Waals surface area contributed by atoms with Crippen molar-refractivity contribution in [2.75, 3.05) is 31.1 Å². The van der Waals surface area contributed by atoms with Gasteiger partial charge in [-0.25, -0.2) is 0 Å². The number of aromatic amines is 1. The number of nitrogens with one attached hydrogen (secondary N) is 1. The maximum Gasteiger partial charge on any atom is 0.120 e. The zero-order valence-corrected chi connectivity index (χ0v) is 12.2. The first kappa shape index (κ1) is 12.9. The summed E-state index contributed by atoms with van der Waals surface area (Å²) in [5.41, 5.74) is 4.11. The Morgan fingerprint density at radius 2 is 2.29 bits per heavy atom.